The number of aryl methyl sites for hydroxylation is 1. The smallest absolute Gasteiger partial charge is 0.238 e. The molecule has 3 N–H and O–H groups in total. The van der Waals surface area contributed by atoms with E-state index in [1.807, 2.05) is 6.92 Å². The molecule has 0 bridgehead atoms. The van der Waals surface area contributed by atoms with Gasteiger partial charge < -0.3 is 5.32 Å². The summed E-state index contributed by atoms with van der Waals surface area (Å²) < 4.78 is 23.4. The van der Waals surface area contributed by atoms with E-state index in [-0.39, 0.29) is 23.4 Å². The van der Waals surface area contributed by atoms with E-state index >= 15 is 0 Å². The molecule has 6 nitrogen and oxygen atoms in total. The van der Waals surface area contributed by atoms with Crippen LogP contribution in [0.3, 0.4) is 0 Å². The number of nitrogens with zero attached hydrogens (tertiary/aromatic N) is 1. The van der Waals surface area contributed by atoms with E-state index in [2.05, 4.69) is 28.6 Å². The monoisotopic (exact) mass is 407 g/mol. The first kappa shape index (κ1) is 20.0. The Morgan fingerprint density at radius 1 is 1.37 bits per heavy atom. The third kappa shape index (κ3) is 4.24. The Morgan fingerprint density at radius 2 is 2.11 bits per heavy atom. The number of hydrogen-bond acceptors (Lipinski definition) is 5. The number of fused-ring (bicyclic) bond motifs is 1. The van der Waals surface area contributed by atoms with Crippen molar-refractivity contribution in [1.82, 2.24) is 4.90 Å². The van der Waals surface area contributed by atoms with Crippen molar-refractivity contribution in [1.29, 1.82) is 0 Å². The molecular weight excluding hydrogens is 382 g/mol. The lowest BCUT2D eigenvalue weighted by Crippen LogP contribution is -2.40. The molecule has 27 heavy (non-hydrogen) atoms. The highest BCUT2D eigenvalue weighted by molar-refractivity contribution is 7.89. The lowest BCUT2D eigenvalue weighted by molar-refractivity contribution is -0.118. The second kappa shape index (κ2) is 7.71. The van der Waals surface area contributed by atoms with Crippen LogP contribution < -0.4 is 10.5 Å². The molecule has 1 amide bonds. The number of anilines is 1. The largest absolute Gasteiger partial charge is 0.325 e. The van der Waals surface area contributed by atoms with E-state index in [1.165, 1.54) is 22.6 Å². The third-order valence-electron chi connectivity index (χ3n) is 5.18. The van der Waals surface area contributed by atoms with Gasteiger partial charge in [0, 0.05) is 23.2 Å². The van der Waals surface area contributed by atoms with Gasteiger partial charge in [0.05, 0.1) is 11.4 Å². The number of rotatable bonds is 5. The van der Waals surface area contributed by atoms with Crippen LogP contribution in [0.5, 0.6) is 0 Å². The van der Waals surface area contributed by atoms with E-state index in [0.717, 1.165) is 30.5 Å². The van der Waals surface area contributed by atoms with Gasteiger partial charge in [-0.1, -0.05) is 6.92 Å². The van der Waals surface area contributed by atoms with Gasteiger partial charge in [0.15, 0.2) is 0 Å². The molecule has 1 aliphatic heterocycles. The molecule has 8 heteroatoms. The van der Waals surface area contributed by atoms with Crippen LogP contribution in [-0.2, 0) is 21.2 Å². The molecular formula is C19H25N3O3S2. The second-order valence-corrected chi connectivity index (χ2v) is 9.51. The fraction of sp³-hybridized carbons (Fsp3) is 0.421. The molecule has 1 aliphatic rings. The molecule has 146 valence electrons. The Bertz CT molecular complexity index is 967. The summed E-state index contributed by atoms with van der Waals surface area (Å²) >= 11 is 1.78. The molecule has 3 rings (SSSR count). The summed E-state index contributed by atoms with van der Waals surface area (Å²) in [6, 6.07) is 5.35. The van der Waals surface area contributed by atoms with E-state index in [9.17, 15) is 13.2 Å². The summed E-state index contributed by atoms with van der Waals surface area (Å²) in [5.74, 6) is -0.152. The van der Waals surface area contributed by atoms with Crippen LogP contribution in [0.25, 0.3) is 0 Å². The number of nitrogens with two attached hydrogens (primary N) is 1. The van der Waals surface area contributed by atoms with Gasteiger partial charge in [0.1, 0.15) is 0 Å². The normalized spacial score (nSPS) is 17.6. The molecule has 2 aromatic rings. The molecule has 1 aromatic carbocycles. The first-order valence-electron chi connectivity index (χ1n) is 8.95. The summed E-state index contributed by atoms with van der Waals surface area (Å²) in [7, 11) is -3.83. The minimum absolute atomic E-state index is 0.00761. The quantitative estimate of drug-likeness (QED) is 0.797. The van der Waals surface area contributed by atoms with Crippen molar-refractivity contribution in [3.05, 3.63) is 45.1 Å². The maximum atomic E-state index is 12.7. The molecule has 0 spiro atoms. The number of hydrogen-bond donors (Lipinski definition) is 2. The van der Waals surface area contributed by atoms with Crippen LogP contribution in [-0.4, -0.2) is 32.3 Å². The molecule has 0 saturated carbocycles. The second-order valence-electron chi connectivity index (χ2n) is 6.95. The van der Waals surface area contributed by atoms with Gasteiger partial charge in [-0.15, -0.1) is 11.3 Å². The van der Waals surface area contributed by atoms with Crippen molar-refractivity contribution in [2.24, 2.45) is 5.14 Å². The lowest BCUT2D eigenvalue weighted by Gasteiger charge is -2.34. The Hall–Kier alpha value is -1.74. The van der Waals surface area contributed by atoms with Gasteiger partial charge in [0.2, 0.25) is 15.9 Å². The van der Waals surface area contributed by atoms with Gasteiger partial charge >= 0.3 is 0 Å². The predicted octanol–water partition coefficient (Wildman–Crippen LogP) is 2.96. The molecule has 1 atom stereocenters. The van der Waals surface area contributed by atoms with Crippen LogP contribution in [0.15, 0.2) is 28.5 Å². The standard InChI is InChI=1S/C19H25N3O3S2/c1-4-17-15-6-8-26-18(15)5-7-22(17)11-19(23)21-16-10-14(27(20,24)25)9-12(2)13(16)3/h6,8-10,17H,4-5,7,11H2,1-3H3,(H,21,23)(H2,20,24,25)/t17-/m0/s1. The van der Waals surface area contributed by atoms with Crippen molar-refractivity contribution in [3.63, 3.8) is 0 Å². The molecule has 0 saturated heterocycles. The summed E-state index contributed by atoms with van der Waals surface area (Å²) in [6.45, 7) is 6.90. The fourth-order valence-electron chi connectivity index (χ4n) is 3.61. The van der Waals surface area contributed by atoms with Crippen molar-refractivity contribution in [3.8, 4) is 0 Å². The fourth-order valence-corrected chi connectivity index (χ4v) is 5.16. The molecule has 0 aliphatic carbocycles. The molecule has 0 unspecified atom stereocenters. The molecule has 0 fully saturated rings. The summed E-state index contributed by atoms with van der Waals surface area (Å²) in [4.78, 5) is 16.3. The highest BCUT2D eigenvalue weighted by atomic mass is 32.2. The number of benzene rings is 1. The van der Waals surface area contributed by atoms with Crippen molar-refractivity contribution >= 4 is 33.0 Å². The number of primary sulfonamides is 1. The maximum absolute atomic E-state index is 12.7. The SMILES string of the molecule is CC[C@H]1c2ccsc2CCN1CC(=O)Nc1cc(S(N)(=O)=O)cc(C)c1C. The average molecular weight is 408 g/mol. The Morgan fingerprint density at radius 3 is 2.78 bits per heavy atom. The van der Waals surface area contributed by atoms with Crippen molar-refractivity contribution < 1.29 is 13.2 Å². The first-order valence-corrected chi connectivity index (χ1v) is 11.4. The maximum Gasteiger partial charge on any atom is 0.238 e. The minimum atomic E-state index is -3.83. The number of thiophene rings is 1. The van der Waals surface area contributed by atoms with Crippen LogP contribution in [0.1, 0.15) is 41.0 Å². The number of sulfonamides is 1. The Kier molecular flexibility index (Phi) is 5.71. The molecule has 0 radical (unpaired) electrons. The van der Waals surface area contributed by atoms with Gasteiger partial charge in [-0.05, 0) is 67.0 Å². The van der Waals surface area contributed by atoms with E-state index < -0.39 is 10.0 Å². The minimum Gasteiger partial charge on any atom is -0.325 e. The molecule has 2 heterocycles. The van der Waals surface area contributed by atoms with Gasteiger partial charge in [0.25, 0.3) is 0 Å². The Labute approximate surface area is 164 Å². The first-order chi connectivity index (χ1) is 12.7. The topological polar surface area (TPSA) is 92.5 Å². The van der Waals surface area contributed by atoms with E-state index in [1.54, 1.807) is 18.3 Å². The van der Waals surface area contributed by atoms with E-state index in [0.29, 0.717) is 5.69 Å². The zero-order valence-electron chi connectivity index (χ0n) is 15.8. The summed E-state index contributed by atoms with van der Waals surface area (Å²) in [6.07, 6.45) is 1.89. The average Bonchev–Trinajstić information content (AvgIpc) is 3.06. The van der Waals surface area contributed by atoms with Gasteiger partial charge in [-0.2, -0.15) is 0 Å². The predicted molar refractivity (Wildman–Crippen MR) is 109 cm³/mol. The number of carbonyl (C=O) groups is 1. The number of nitrogens with one attached hydrogen (secondary N) is 1. The zero-order valence-corrected chi connectivity index (χ0v) is 17.4. The molecule has 1 aromatic heterocycles. The summed E-state index contributed by atoms with van der Waals surface area (Å²) in [5, 5.41) is 10.2. The van der Waals surface area contributed by atoms with Crippen molar-refractivity contribution in [2.45, 2.75) is 44.6 Å². The highest BCUT2D eigenvalue weighted by Gasteiger charge is 2.28. The van der Waals surface area contributed by atoms with Gasteiger partial charge in [-0.3, -0.25) is 9.69 Å². The van der Waals surface area contributed by atoms with Crippen molar-refractivity contribution in [2.75, 3.05) is 18.4 Å². The van der Waals surface area contributed by atoms with Crippen LogP contribution in [0.4, 0.5) is 5.69 Å². The Balaban J connectivity index is 1.78. The van der Waals surface area contributed by atoms with Gasteiger partial charge in [-0.25, -0.2) is 13.6 Å². The highest BCUT2D eigenvalue weighted by Crippen LogP contribution is 2.35. The number of carbonyl (C=O) groups excluding carboxylic acids is 1. The summed E-state index contributed by atoms with van der Waals surface area (Å²) in [5.41, 5.74) is 3.42. The van der Waals surface area contributed by atoms with Crippen LogP contribution in [0, 0.1) is 13.8 Å². The number of amides is 1. The third-order valence-corrected chi connectivity index (χ3v) is 7.07. The van der Waals surface area contributed by atoms with E-state index in [4.69, 9.17) is 5.14 Å². The van der Waals surface area contributed by atoms with Crippen LogP contribution >= 0.6 is 11.3 Å². The lowest BCUT2D eigenvalue weighted by atomic mass is 9.98. The van der Waals surface area contributed by atoms with Crippen LogP contribution in [0.2, 0.25) is 0 Å². The zero-order chi connectivity index (χ0) is 19.8.